The molecule has 1 saturated heterocycles. The lowest BCUT2D eigenvalue weighted by Crippen LogP contribution is -2.49. The predicted molar refractivity (Wildman–Crippen MR) is 186 cm³/mol. The van der Waals surface area contributed by atoms with Crippen LogP contribution in [0.4, 0.5) is 28.8 Å². The Hall–Kier alpha value is -4.05. The Morgan fingerprint density at radius 1 is 0.833 bits per heavy atom. The summed E-state index contributed by atoms with van der Waals surface area (Å²) >= 11 is 6.36. The minimum atomic E-state index is -0.225. The zero-order valence-electron chi connectivity index (χ0n) is 27.3. The van der Waals surface area contributed by atoms with Crippen molar-refractivity contribution in [3.63, 3.8) is 0 Å². The number of benzene rings is 2. The number of ether oxygens (including phenoxy) is 4. The molecule has 1 fully saturated rings. The number of para-hydroxylation sites is 1. The number of carbonyl (C=O) groups is 2. The van der Waals surface area contributed by atoms with Crippen LogP contribution in [-0.2, 0) is 23.7 Å². The van der Waals surface area contributed by atoms with E-state index in [0.29, 0.717) is 107 Å². The maximum absolute atomic E-state index is 12.7. The van der Waals surface area contributed by atoms with Gasteiger partial charge in [-0.1, -0.05) is 23.7 Å². The minimum absolute atomic E-state index is 0.0920. The molecule has 15 heteroatoms. The Morgan fingerprint density at radius 3 is 2.10 bits per heavy atom. The molecule has 0 radical (unpaired) electrons. The molecule has 0 unspecified atom stereocenters. The van der Waals surface area contributed by atoms with Crippen molar-refractivity contribution >= 4 is 52.2 Å². The molecule has 1 aliphatic heterocycles. The van der Waals surface area contributed by atoms with Gasteiger partial charge in [0.1, 0.15) is 5.02 Å². The average molecular weight is 685 g/mol. The molecule has 260 valence electrons. The number of hydrogen-bond donors (Lipinski definition) is 4. The molecule has 1 aromatic heterocycles. The Labute approximate surface area is 286 Å². The molecule has 3 aromatic rings. The summed E-state index contributed by atoms with van der Waals surface area (Å²) in [7, 11) is 1.58. The fraction of sp³-hybridized carbons (Fsp3) is 0.455. The molecule has 0 spiro atoms. The van der Waals surface area contributed by atoms with Crippen molar-refractivity contribution in [2.45, 2.75) is 6.42 Å². The third-order valence-corrected chi connectivity index (χ3v) is 7.63. The van der Waals surface area contributed by atoms with Gasteiger partial charge in [0.2, 0.25) is 11.9 Å². The van der Waals surface area contributed by atoms with Gasteiger partial charge in [0, 0.05) is 51.1 Å². The molecule has 2 heterocycles. The molecule has 2 aromatic carbocycles. The van der Waals surface area contributed by atoms with Crippen LogP contribution in [0.15, 0.2) is 54.7 Å². The van der Waals surface area contributed by atoms with Gasteiger partial charge in [0.15, 0.2) is 5.82 Å². The third-order valence-electron chi connectivity index (χ3n) is 7.36. The quantitative estimate of drug-likeness (QED) is 0.129. The summed E-state index contributed by atoms with van der Waals surface area (Å²) < 4.78 is 21.7. The van der Waals surface area contributed by atoms with Gasteiger partial charge in [0.05, 0.1) is 76.7 Å². The highest BCUT2D eigenvalue weighted by atomic mass is 35.5. The van der Waals surface area contributed by atoms with Crippen molar-refractivity contribution in [2.75, 3.05) is 108 Å². The number of nitrogens with one attached hydrogen (secondary N) is 3. The van der Waals surface area contributed by atoms with E-state index in [1.807, 2.05) is 35.2 Å². The van der Waals surface area contributed by atoms with E-state index in [9.17, 15) is 9.59 Å². The van der Waals surface area contributed by atoms with E-state index in [4.69, 9.17) is 36.3 Å². The lowest BCUT2D eigenvalue weighted by molar-refractivity contribution is -0.132. The fourth-order valence-corrected chi connectivity index (χ4v) is 4.97. The molecular weight excluding hydrogens is 640 g/mol. The summed E-state index contributed by atoms with van der Waals surface area (Å²) in [5.74, 6) is 0.585. The first kappa shape index (κ1) is 36.8. The zero-order valence-corrected chi connectivity index (χ0v) is 28.0. The highest BCUT2D eigenvalue weighted by Gasteiger charge is 2.21. The first-order valence-corrected chi connectivity index (χ1v) is 16.4. The summed E-state index contributed by atoms with van der Waals surface area (Å²) in [6.07, 6.45) is 1.84. The van der Waals surface area contributed by atoms with Gasteiger partial charge in [-0.05, 0) is 36.4 Å². The molecule has 48 heavy (non-hydrogen) atoms. The van der Waals surface area contributed by atoms with Gasteiger partial charge in [-0.3, -0.25) is 9.59 Å². The van der Waals surface area contributed by atoms with Gasteiger partial charge >= 0.3 is 0 Å². The molecule has 14 nitrogen and oxygen atoms in total. The monoisotopic (exact) mass is 684 g/mol. The Bertz CT molecular complexity index is 1430. The van der Waals surface area contributed by atoms with Gasteiger partial charge in [-0.2, -0.15) is 4.98 Å². The van der Waals surface area contributed by atoms with Crippen molar-refractivity contribution in [3.05, 3.63) is 65.3 Å². The van der Waals surface area contributed by atoms with Crippen LogP contribution < -0.4 is 26.6 Å². The molecule has 0 aliphatic carbocycles. The van der Waals surface area contributed by atoms with Gasteiger partial charge in [-0.15, -0.1) is 0 Å². The third kappa shape index (κ3) is 11.9. The van der Waals surface area contributed by atoms with Crippen molar-refractivity contribution < 1.29 is 28.5 Å². The molecule has 5 N–H and O–H groups in total. The van der Waals surface area contributed by atoms with Crippen LogP contribution in [0, 0.1) is 0 Å². The van der Waals surface area contributed by atoms with E-state index in [1.165, 1.54) is 6.20 Å². The second-order valence-corrected chi connectivity index (χ2v) is 11.1. The fourth-order valence-electron chi connectivity index (χ4n) is 4.83. The molecule has 1 aliphatic rings. The first-order chi connectivity index (χ1) is 23.5. The number of anilines is 5. The van der Waals surface area contributed by atoms with E-state index in [-0.39, 0.29) is 11.8 Å². The summed E-state index contributed by atoms with van der Waals surface area (Å²) in [5.41, 5.74) is 8.26. The van der Waals surface area contributed by atoms with Crippen molar-refractivity contribution in [1.82, 2.24) is 20.2 Å². The van der Waals surface area contributed by atoms with Gasteiger partial charge < -0.3 is 50.4 Å². The number of piperazine rings is 1. The summed E-state index contributed by atoms with van der Waals surface area (Å²) in [5, 5.41) is 9.29. The molecule has 0 bridgehead atoms. The number of nitrogens with zero attached hydrogens (tertiary/aromatic N) is 4. The van der Waals surface area contributed by atoms with E-state index in [1.54, 1.807) is 25.2 Å². The van der Waals surface area contributed by atoms with Crippen LogP contribution in [-0.4, -0.2) is 119 Å². The topological polar surface area (TPSA) is 165 Å². The highest BCUT2D eigenvalue weighted by molar-refractivity contribution is 6.33. The number of hydrogen-bond acceptors (Lipinski definition) is 12. The lowest BCUT2D eigenvalue weighted by Gasteiger charge is -2.36. The van der Waals surface area contributed by atoms with Crippen LogP contribution >= 0.6 is 11.6 Å². The molecule has 0 atom stereocenters. The van der Waals surface area contributed by atoms with Crippen LogP contribution in [0.3, 0.4) is 0 Å². The van der Waals surface area contributed by atoms with Gasteiger partial charge in [0.25, 0.3) is 5.91 Å². The van der Waals surface area contributed by atoms with E-state index < -0.39 is 0 Å². The number of carbonyl (C=O) groups excluding carboxylic acids is 2. The van der Waals surface area contributed by atoms with Crippen LogP contribution in [0.25, 0.3) is 0 Å². The Kier molecular flexibility index (Phi) is 15.6. The number of amides is 2. The first-order valence-electron chi connectivity index (χ1n) is 16.0. The molecular formula is C33H45ClN8O6. The van der Waals surface area contributed by atoms with Crippen LogP contribution in [0.5, 0.6) is 0 Å². The second kappa shape index (κ2) is 20.3. The maximum atomic E-state index is 12.7. The summed E-state index contributed by atoms with van der Waals surface area (Å²) in [6.45, 7) is 7.08. The standard InChI is InChI=1S/C33H45ClN8O6/c1-36-32(44)27-4-2-3-5-29(27)39-31-28(34)24-37-33(40-31)38-25-6-8-26(9-7-25)41-12-14-42(15-13-41)30(43)10-16-45-18-20-47-22-23-48-21-19-46-17-11-35/h2-9,24H,10-23,35H2,1H3,(H,36,44)(H2,37,38,39,40). The van der Waals surface area contributed by atoms with Crippen LogP contribution in [0.1, 0.15) is 16.8 Å². The SMILES string of the molecule is CNC(=O)c1ccccc1Nc1nc(Nc2ccc(N3CCN(C(=O)CCOCCOCCOCCOCCN)CC3)cc2)ncc1Cl. The van der Waals surface area contributed by atoms with E-state index in [2.05, 4.69) is 30.8 Å². The normalized spacial score (nSPS) is 13.0. The van der Waals surface area contributed by atoms with E-state index in [0.717, 1.165) is 24.5 Å². The average Bonchev–Trinajstić information content (AvgIpc) is 3.12. The molecule has 2 amide bonds. The molecule has 4 rings (SSSR count). The van der Waals surface area contributed by atoms with Crippen LogP contribution in [0.2, 0.25) is 5.02 Å². The number of aromatic nitrogens is 2. The van der Waals surface area contributed by atoms with Crippen molar-refractivity contribution in [2.24, 2.45) is 5.73 Å². The largest absolute Gasteiger partial charge is 0.379 e. The lowest BCUT2D eigenvalue weighted by atomic mass is 10.1. The number of nitrogens with two attached hydrogens (primary N) is 1. The zero-order chi connectivity index (χ0) is 34.0. The predicted octanol–water partition coefficient (Wildman–Crippen LogP) is 3.04. The van der Waals surface area contributed by atoms with Crippen molar-refractivity contribution in [3.8, 4) is 0 Å². The molecule has 0 saturated carbocycles. The second-order valence-electron chi connectivity index (χ2n) is 10.7. The smallest absolute Gasteiger partial charge is 0.253 e. The van der Waals surface area contributed by atoms with E-state index >= 15 is 0 Å². The Balaban J connectivity index is 1.14. The van der Waals surface area contributed by atoms with Gasteiger partial charge in [-0.25, -0.2) is 4.98 Å². The number of rotatable bonds is 20. The Morgan fingerprint density at radius 2 is 1.46 bits per heavy atom. The minimum Gasteiger partial charge on any atom is -0.379 e. The summed E-state index contributed by atoms with van der Waals surface area (Å²) in [6, 6.07) is 15.0. The number of halogens is 1. The highest BCUT2D eigenvalue weighted by Crippen LogP contribution is 2.27. The summed E-state index contributed by atoms with van der Waals surface area (Å²) in [4.78, 5) is 37.9. The van der Waals surface area contributed by atoms with Crippen molar-refractivity contribution in [1.29, 1.82) is 0 Å². The maximum Gasteiger partial charge on any atom is 0.253 e.